The van der Waals surface area contributed by atoms with Crippen LogP contribution >= 0.6 is 24.8 Å². The zero-order valence-electron chi connectivity index (χ0n) is 7.92. The molecule has 1 rings (SSSR count). The molecule has 0 radical (unpaired) electrons. The molecule has 0 saturated heterocycles. The van der Waals surface area contributed by atoms with Crippen LogP contribution in [0, 0.1) is 0 Å². The van der Waals surface area contributed by atoms with Crippen molar-refractivity contribution in [3.05, 3.63) is 35.9 Å². The molecule has 16 heavy (non-hydrogen) atoms. The molecule has 0 aliphatic rings. The van der Waals surface area contributed by atoms with Gasteiger partial charge in [0.1, 0.15) is 6.61 Å². The summed E-state index contributed by atoms with van der Waals surface area (Å²) >= 11 is 7.66. The van der Waals surface area contributed by atoms with Crippen LogP contribution in [-0.4, -0.2) is 10.4 Å². The van der Waals surface area contributed by atoms with Gasteiger partial charge in [-0.25, -0.2) is 0 Å². The maximum Gasteiger partial charge on any atom is 0.273 e. The first-order valence-electron chi connectivity index (χ1n) is 3.97. The van der Waals surface area contributed by atoms with Gasteiger partial charge in [-0.3, -0.25) is 4.79 Å². The van der Waals surface area contributed by atoms with Crippen molar-refractivity contribution in [2.24, 2.45) is 11.5 Å². The van der Waals surface area contributed by atoms with Crippen LogP contribution in [0.3, 0.4) is 0 Å². The van der Waals surface area contributed by atoms with E-state index in [0.717, 1.165) is 5.56 Å². The topological polar surface area (TPSA) is 78.3 Å². The lowest BCUT2D eigenvalue weighted by atomic mass is 10.2. The van der Waals surface area contributed by atoms with Crippen LogP contribution in [0.5, 0.6) is 0 Å². The van der Waals surface area contributed by atoms with E-state index < -0.39 is 5.24 Å². The number of hydrogen-bond acceptors (Lipinski definition) is 3. The Bertz CT molecular complexity index is 314. The normalized spacial score (nSPS) is 7.81. The highest BCUT2D eigenvalue weighted by Crippen LogP contribution is 1.99. The third-order valence-electron chi connectivity index (χ3n) is 1.22. The minimum Gasteiger partial charge on any atom is -0.466 e. The number of nitrogens with two attached hydrogens (primary N) is 2. The Morgan fingerprint density at radius 2 is 1.75 bits per heavy atom. The van der Waals surface area contributed by atoms with Crippen molar-refractivity contribution in [2.75, 3.05) is 0 Å². The number of carbonyl (C=O) groups is 1. The molecule has 0 aromatic heterocycles. The predicted molar refractivity (Wildman–Crippen MR) is 73.3 cm³/mol. The Hall–Kier alpha value is -1.27. The van der Waals surface area contributed by atoms with Crippen molar-refractivity contribution < 1.29 is 9.53 Å². The Morgan fingerprint density at radius 1 is 1.31 bits per heavy atom. The van der Waals surface area contributed by atoms with Gasteiger partial charge in [0.25, 0.3) is 10.4 Å². The zero-order valence-corrected chi connectivity index (χ0v) is 9.63. The van der Waals surface area contributed by atoms with Crippen molar-refractivity contribution >= 4 is 35.3 Å². The van der Waals surface area contributed by atoms with Crippen LogP contribution in [-0.2, 0) is 11.3 Å². The molecule has 0 unspecified atom stereocenters. The lowest BCUT2D eigenvalue weighted by molar-refractivity contribution is 0.267. The summed E-state index contributed by atoms with van der Waals surface area (Å²) in [5, 5.41) is -0.547. The molecule has 4 nitrogen and oxygen atoms in total. The first-order valence-corrected chi connectivity index (χ1v) is 4.82. The summed E-state index contributed by atoms with van der Waals surface area (Å²) in [6.45, 7) is 0.455. The third-order valence-corrected chi connectivity index (χ3v) is 1.34. The SMILES string of the molecule is C.NC(=O)S.NC(=S)OCc1ccccc1. The molecule has 0 spiro atoms. The van der Waals surface area contributed by atoms with E-state index in [4.69, 9.17) is 15.3 Å². The molecule has 0 aliphatic carbocycles. The largest absolute Gasteiger partial charge is 0.466 e. The molecular weight excluding hydrogens is 244 g/mol. The van der Waals surface area contributed by atoms with Gasteiger partial charge in [-0.15, -0.1) is 0 Å². The zero-order chi connectivity index (χ0) is 11.7. The molecule has 6 heteroatoms. The van der Waals surface area contributed by atoms with Crippen molar-refractivity contribution in [3.8, 4) is 0 Å². The van der Waals surface area contributed by atoms with Gasteiger partial charge in [-0.2, -0.15) is 0 Å². The molecule has 4 N–H and O–H groups in total. The molecular formula is C10H16N2O2S2. The van der Waals surface area contributed by atoms with Crippen molar-refractivity contribution in [2.45, 2.75) is 14.0 Å². The molecule has 1 aromatic rings. The van der Waals surface area contributed by atoms with Crippen LogP contribution in [0.25, 0.3) is 0 Å². The Labute approximate surface area is 106 Å². The van der Waals surface area contributed by atoms with E-state index in [1.807, 2.05) is 30.3 Å². The van der Waals surface area contributed by atoms with Crippen LogP contribution in [0.15, 0.2) is 30.3 Å². The monoisotopic (exact) mass is 260 g/mol. The highest BCUT2D eigenvalue weighted by Gasteiger charge is 1.91. The summed E-state index contributed by atoms with van der Waals surface area (Å²) in [4.78, 5) is 9.09. The number of thiol groups is 1. The number of primary amides is 1. The van der Waals surface area contributed by atoms with Crippen molar-refractivity contribution in [3.63, 3.8) is 0 Å². The van der Waals surface area contributed by atoms with E-state index in [0.29, 0.717) is 6.61 Å². The summed E-state index contributed by atoms with van der Waals surface area (Å²) in [5.41, 5.74) is 10.6. The average Bonchev–Trinajstić information content (AvgIpc) is 2.15. The molecule has 1 aromatic carbocycles. The van der Waals surface area contributed by atoms with E-state index in [2.05, 4.69) is 30.6 Å². The van der Waals surface area contributed by atoms with Gasteiger partial charge in [-0.05, 0) is 17.8 Å². The standard InChI is InChI=1S/C8H9NOS.CH3NOS.CH4/c9-8(11)10-6-7-4-2-1-3-5-7;2-1(3)4;/h1-5H,6H2,(H2,9,11);(H3,2,3,4);1H4. The van der Waals surface area contributed by atoms with E-state index in [1.165, 1.54) is 0 Å². The molecule has 0 saturated carbocycles. The fraction of sp³-hybridized carbons (Fsp3) is 0.200. The number of ether oxygens (including phenoxy) is 1. The highest BCUT2D eigenvalue weighted by atomic mass is 32.1. The molecule has 0 heterocycles. The van der Waals surface area contributed by atoms with E-state index >= 15 is 0 Å². The summed E-state index contributed by atoms with van der Waals surface area (Å²) in [5.74, 6) is 0. The van der Waals surface area contributed by atoms with Gasteiger partial charge < -0.3 is 16.2 Å². The second-order valence-corrected chi connectivity index (χ2v) is 3.27. The van der Waals surface area contributed by atoms with Crippen molar-refractivity contribution in [1.82, 2.24) is 0 Å². The number of amides is 1. The van der Waals surface area contributed by atoms with E-state index in [1.54, 1.807) is 0 Å². The lowest BCUT2D eigenvalue weighted by Crippen LogP contribution is -2.12. The van der Waals surface area contributed by atoms with Gasteiger partial charge in [0.05, 0.1) is 0 Å². The van der Waals surface area contributed by atoms with Gasteiger partial charge in [-0.1, -0.05) is 50.4 Å². The fourth-order valence-electron chi connectivity index (χ4n) is 0.729. The molecule has 0 atom stereocenters. The summed E-state index contributed by atoms with van der Waals surface area (Å²) in [6, 6.07) is 9.75. The fourth-order valence-corrected chi connectivity index (χ4v) is 0.788. The number of hydrogen-bond donors (Lipinski definition) is 3. The summed E-state index contributed by atoms with van der Waals surface area (Å²) in [7, 11) is 0. The molecule has 0 bridgehead atoms. The Morgan fingerprint density at radius 3 is 2.12 bits per heavy atom. The highest BCUT2D eigenvalue weighted by molar-refractivity contribution is 7.96. The second kappa shape index (κ2) is 10.3. The first-order chi connectivity index (χ1) is 7.02. The van der Waals surface area contributed by atoms with Crippen LogP contribution in [0.1, 0.15) is 13.0 Å². The lowest BCUT2D eigenvalue weighted by Gasteiger charge is -2.01. The summed E-state index contributed by atoms with van der Waals surface area (Å²) < 4.78 is 4.94. The van der Waals surface area contributed by atoms with Gasteiger partial charge in [0, 0.05) is 0 Å². The quantitative estimate of drug-likeness (QED) is 0.562. The maximum absolute atomic E-state index is 9.09. The van der Waals surface area contributed by atoms with Gasteiger partial charge in [0.2, 0.25) is 0 Å². The first kappa shape index (κ1) is 17.1. The van der Waals surface area contributed by atoms with Gasteiger partial charge in [0.15, 0.2) is 0 Å². The number of thiocarbonyl (C=S) groups is 1. The van der Waals surface area contributed by atoms with Crippen molar-refractivity contribution in [1.29, 1.82) is 0 Å². The smallest absolute Gasteiger partial charge is 0.273 e. The second-order valence-electron chi connectivity index (χ2n) is 2.43. The molecule has 1 amide bonds. The molecule has 90 valence electrons. The number of carbonyl (C=O) groups excluding carboxylic acids is 1. The average molecular weight is 260 g/mol. The van der Waals surface area contributed by atoms with E-state index in [9.17, 15) is 0 Å². The van der Waals surface area contributed by atoms with E-state index in [-0.39, 0.29) is 12.6 Å². The van der Waals surface area contributed by atoms with Crippen LogP contribution in [0.2, 0.25) is 0 Å². The summed E-state index contributed by atoms with van der Waals surface area (Å²) in [6.07, 6.45) is 0. The molecule has 0 fully saturated rings. The van der Waals surface area contributed by atoms with Crippen LogP contribution in [0.4, 0.5) is 4.79 Å². The number of benzene rings is 1. The predicted octanol–water partition coefficient (Wildman–Crippen LogP) is 2.08. The maximum atomic E-state index is 9.09. The van der Waals surface area contributed by atoms with Crippen LogP contribution < -0.4 is 11.5 Å². The molecule has 0 aliphatic heterocycles. The number of rotatable bonds is 2. The Balaban J connectivity index is 0. The minimum absolute atomic E-state index is 0. The van der Waals surface area contributed by atoms with Gasteiger partial charge >= 0.3 is 0 Å². The third kappa shape index (κ3) is 12.7. The Kier molecular flexibility index (Phi) is 11.0. The minimum atomic E-state index is -0.639.